The van der Waals surface area contributed by atoms with Crippen molar-refractivity contribution in [2.45, 2.75) is 19.4 Å². The molecule has 0 aliphatic carbocycles. The third kappa shape index (κ3) is 3.16. The van der Waals surface area contributed by atoms with E-state index in [0.717, 1.165) is 5.56 Å². The lowest BCUT2D eigenvalue weighted by Crippen LogP contribution is -2.26. The molecule has 0 saturated carbocycles. The van der Waals surface area contributed by atoms with E-state index in [4.69, 9.17) is 9.78 Å². The van der Waals surface area contributed by atoms with Crippen molar-refractivity contribution in [2.24, 2.45) is 0 Å². The van der Waals surface area contributed by atoms with Crippen molar-refractivity contribution in [2.75, 3.05) is 0 Å². The Balaban J connectivity index is 2.15. The quantitative estimate of drug-likeness (QED) is 0.618. The molecule has 0 atom stereocenters. The summed E-state index contributed by atoms with van der Waals surface area (Å²) in [6.45, 7) is 3.67. The van der Waals surface area contributed by atoms with Crippen molar-refractivity contribution in [3.8, 4) is 5.75 Å². The number of rotatable bonds is 5. The molecule has 0 bridgehead atoms. The average Bonchev–Trinajstić information content (AvgIpc) is 2.46. The van der Waals surface area contributed by atoms with E-state index in [2.05, 4.69) is 0 Å². The molecule has 2 rings (SSSR count). The second kappa shape index (κ2) is 5.75. The van der Waals surface area contributed by atoms with Gasteiger partial charge in [0.1, 0.15) is 5.60 Å². The molecule has 0 radical (unpaired) electrons. The Bertz CT molecular complexity index is 590. The standard InChI is InChI=1S/C16H16O4/c1-16(2,12-8-4-3-5-9-12)20-19-14-11-7-6-10-13(14)15(17)18/h3-11H,1-2H3,(H,17,18)/p-1. The summed E-state index contributed by atoms with van der Waals surface area (Å²) in [5.74, 6) is -1.18. The number of hydrogen-bond acceptors (Lipinski definition) is 4. The van der Waals surface area contributed by atoms with Gasteiger partial charge in [-0.15, -0.1) is 0 Å². The monoisotopic (exact) mass is 271 g/mol. The van der Waals surface area contributed by atoms with Crippen LogP contribution in [0.15, 0.2) is 54.6 Å². The number of carboxylic acid groups (broad SMARTS) is 1. The average molecular weight is 271 g/mol. The summed E-state index contributed by atoms with van der Waals surface area (Å²) in [7, 11) is 0. The molecule has 0 N–H and O–H groups in total. The second-order valence-electron chi connectivity index (χ2n) is 4.83. The molecule has 2 aromatic rings. The maximum atomic E-state index is 11.0. The van der Waals surface area contributed by atoms with E-state index in [9.17, 15) is 9.90 Å². The van der Waals surface area contributed by atoms with E-state index in [1.54, 1.807) is 12.1 Å². The lowest BCUT2D eigenvalue weighted by molar-refractivity contribution is -0.288. The van der Waals surface area contributed by atoms with Gasteiger partial charge >= 0.3 is 0 Å². The van der Waals surface area contributed by atoms with Gasteiger partial charge in [0.05, 0.1) is 5.97 Å². The first kappa shape index (κ1) is 14.1. The molecule has 4 heteroatoms. The SMILES string of the molecule is CC(C)(OOc1ccccc1C(=O)[O-])c1ccccc1. The first-order valence-electron chi connectivity index (χ1n) is 6.22. The van der Waals surface area contributed by atoms with Gasteiger partial charge < -0.3 is 14.8 Å². The molecule has 104 valence electrons. The highest BCUT2D eigenvalue weighted by Gasteiger charge is 2.23. The summed E-state index contributed by atoms with van der Waals surface area (Å²) in [5, 5.41) is 11.0. The van der Waals surface area contributed by atoms with Crippen molar-refractivity contribution in [1.29, 1.82) is 0 Å². The van der Waals surface area contributed by atoms with Gasteiger partial charge in [0.15, 0.2) is 5.75 Å². The molecule has 0 spiro atoms. The number of carbonyl (C=O) groups is 1. The molecular formula is C16H15O4-. The molecular weight excluding hydrogens is 256 g/mol. The summed E-state index contributed by atoms with van der Waals surface area (Å²) in [6, 6.07) is 15.7. The minimum Gasteiger partial charge on any atom is -0.545 e. The Morgan fingerprint density at radius 2 is 1.60 bits per heavy atom. The highest BCUT2D eigenvalue weighted by Crippen LogP contribution is 2.27. The van der Waals surface area contributed by atoms with E-state index in [0.29, 0.717) is 0 Å². The zero-order chi connectivity index (χ0) is 14.6. The van der Waals surface area contributed by atoms with Gasteiger partial charge in [-0.05, 0) is 31.5 Å². The third-order valence-electron chi connectivity index (χ3n) is 2.92. The summed E-state index contributed by atoms with van der Waals surface area (Å²) in [4.78, 5) is 21.6. The minimum absolute atomic E-state index is 0.0450. The Hall–Kier alpha value is -2.33. The van der Waals surface area contributed by atoms with Crippen molar-refractivity contribution in [3.05, 3.63) is 65.7 Å². The molecule has 4 nitrogen and oxygen atoms in total. The van der Waals surface area contributed by atoms with Crippen LogP contribution < -0.4 is 9.99 Å². The fourth-order valence-electron chi connectivity index (χ4n) is 1.74. The molecule has 0 saturated heterocycles. The van der Waals surface area contributed by atoms with Crippen LogP contribution in [0.4, 0.5) is 0 Å². The van der Waals surface area contributed by atoms with Gasteiger partial charge in [-0.3, -0.25) is 0 Å². The normalized spacial score (nSPS) is 11.1. The van der Waals surface area contributed by atoms with E-state index < -0.39 is 11.6 Å². The topological polar surface area (TPSA) is 58.6 Å². The molecule has 0 aliphatic heterocycles. The molecule has 0 fully saturated rings. The van der Waals surface area contributed by atoms with E-state index >= 15 is 0 Å². The van der Waals surface area contributed by atoms with Crippen LogP contribution in [-0.4, -0.2) is 5.97 Å². The molecule has 20 heavy (non-hydrogen) atoms. The summed E-state index contributed by atoms with van der Waals surface area (Å²) in [5.41, 5.74) is 0.169. The van der Waals surface area contributed by atoms with Gasteiger partial charge in [0.2, 0.25) is 0 Å². The summed E-state index contributed by atoms with van der Waals surface area (Å²) in [6.07, 6.45) is 0. The maximum absolute atomic E-state index is 11.0. The largest absolute Gasteiger partial charge is 0.545 e. The van der Waals surface area contributed by atoms with E-state index in [1.165, 1.54) is 12.1 Å². The van der Waals surface area contributed by atoms with E-state index in [1.807, 2.05) is 44.2 Å². The molecule has 0 aliphatic rings. The number of hydrogen-bond donors (Lipinski definition) is 0. The number of para-hydroxylation sites is 1. The zero-order valence-corrected chi connectivity index (χ0v) is 11.3. The predicted molar refractivity (Wildman–Crippen MR) is 72.0 cm³/mol. The second-order valence-corrected chi connectivity index (χ2v) is 4.83. The first-order valence-corrected chi connectivity index (χ1v) is 6.22. The van der Waals surface area contributed by atoms with Crippen molar-refractivity contribution >= 4 is 5.97 Å². The van der Waals surface area contributed by atoms with Gasteiger partial charge in [0, 0.05) is 5.56 Å². The lowest BCUT2D eigenvalue weighted by Gasteiger charge is -2.24. The van der Waals surface area contributed by atoms with Crippen LogP contribution >= 0.6 is 0 Å². The van der Waals surface area contributed by atoms with Crippen LogP contribution in [0.5, 0.6) is 5.75 Å². The lowest BCUT2D eigenvalue weighted by atomic mass is 9.99. The fourth-order valence-corrected chi connectivity index (χ4v) is 1.74. The maximum Gasteiger partial charge on any atom is 0.174 e. The van der Waals surface area contributed by atoms with Crippen LogP contribution in [0, 0.1) is 0 Å². The number of carbonyl (C=O) groups excluding carboxylic acids is 1. The Morgan fingerprint density at radius 1 is 1.00 bits per heavy atom. The zero-order valence-electron chi connectivity index (χ0n) is 11.3. The van der Waals surface area contributed by atoms with Gasteiger partial charge in [-0.25, -0.2) is 0 Å². The first-order chi connectivity index (χ1) is 9.50. The van der Waals surface area contributed by atoms with Crippen LogP contribution in [0.3, 0.4) is 0 Å². The molecule has 2 aromatic carbocycles. The van der Waals surface area contributed by atoms with Crippen LogP contribution in [-0.2, 0) is 10.5 Å². The van der Waals surface area contributed by atoms with Crippen LogP contribution in [0.2, 0.25) is 0 Å². The summed E-state index contributed by atoms with van der Waals surface area (Å²) >= 11 is 0. The van der Waals surface area contributed by atoms with Crippen molar-refractivity contribution in [1.82, 2.24) is 0 Å². The number of carboxylic acids is 1. The predicted octanol–water partition coefficient (Wildman–Crippen LogP) is 2.30. The molecule has 0 heterocycles. The summed E-state index contributed by atoms with van der Waals surface area (Å²) < 4.78 is 0. The van der Waals surface area contributed by atoms with Gasteiger partial charge in [-0.1, -0.05) is 42.5 Å². The molecule has 0 unspecified atom stereocenters. The van der Waals surface area contributed by atoms with Crippen LogP contribution in [0.1, 0.15) is 29.8 Å². The Morgan fingerprint density at radius 3 is 2.25 bits per heavy atom. The Kier molecular flexibility index (Phi) is 4.05. The minimum atomic E-state index is -1.30. The highest BCUT2D eigenvalue weighted by atomic mass is 17.2. The van der Waals surface area contributed by atoms with Gasteiger partial charge in [0.25, 0.3) is 0 Å². The number of aromatic carboxylic acids is 1. The fraction of sp³-hybridized carbons (Fsp3) is 0.188. The molecule has 0 amide bonds. The third-order valence-corrected chi connectivity index (χ3v) is 2.92. The van der Waals surface area contributed by atoms with Crippen molar-refractivity contribution in [3.63, 3.8) is 0 Å². The molecule has 0 aromatic heterocycles. The van der Waals surface area contributed by atoms with Crippen molar-refractivity contribution < 1.29 is 19.7 Å². The highest BCUT2D eigenvalue weighted by molar-refractivity contribution is 5.89. The number of benzene rings is 2. The Labute approximate surface area is 117 Å². The van der Waals surface area contributed by atoms with E-state index in [-0.39, 0.29) is 11.3 Å². The smallest absolute Gasteiger partial charge is 0.174 e. The van der Waals surface area contributed by atoms with Crippen LogP contribution in [0.25, 0.3) is 0 Å². The van der Waals surface area contributed by atoms with Gasteiger partial charge in [-0.2, -0.15) is 4.89 Å².